The lowest BCUT2D eigenvalue weighted by Gasteiger charge is -2.16. The van der Waals surface area contributed by atoms with Crippen molar-refractivity contribution in [3.05, 3.63) is 66.2 Å². The summed E-state index contributed by atoms with van der Waals surface area (Å²) >= 11 is 0. The molecule has 0 fully saturated rings. The van der Waals surface area contributed by atoms with Crippen LogP contribution in [0, 0.1) is 0 Å². The molecule has 3 heteroatoms. The van der Waals surface area contributed by atoms with Gasteiger partial charge in [-0.2, -0.15) is 0 Å². The Balaban J connectivity index is 1.75. The molecule has 2 aromatic carbocycles. The lowest BCUT2D eigenvalue weighted by Crippen LogP contribution is -2.28. The van der Waals surface area contributed by atoms with Gasteiger partial charge in [-0.15, -0.1) is 0 Å². The molecule has 2 aromatic rings. The van der Waals surface area contributed by atoms with Crippen LogP contribution in [0.25, 0.3) is 0 Å². The summed E-state index contributed by atoms with van der Waals surface area (Å²) in [6.07, 6.45) is 0. The summed E-state index contributed by atoms with van der Waals surface area (Å²) in [5, 5.41) is 12.7. The number of rotatable bonds is 7. The fraction of sp³-hybridized carbons (Fsp3) is 0.250. The Labute approximate surface area is 113 Å². The highest BCUT2D eigenvalue weighted by atomic mass is 16.5. The summed E-state index contributed by atoms with van der Waals surface area (Å²) in [7, 11) is 0. The summed E-state index contributed by atoms with van der Waals surface area (Å²) < 4.78 is 5.59. The zero-order valence-electron chi connectivity index (χ0n) is 10.8. The second-order valence-corrected chi connectivity index (χ2v) is 4.26. The largest absolute Gasteiger partial charge is 0.492 e. The van der Waals surface area contributed by atoms with Gasteiger partial charge in [-0.25, -0.2) is 0 Å². The Morgan fingerprint density at radius 1 is 0.947 bits per heavy atom. The first-order valence-electron chi connectivity index (χ1n) is 6.47. The molecule has 0 saturated carbocycles. The molecule has 0 spiro atoms. The molecule has 0 saturated heterocycles. The maximum absolute atomic E-state index is 9.39. The van der Waals surface area contributed by atoms with Crippen molar-refractivity contribution >= 4 is 0 Å². The van der Waals surface area contributed by atoms with E-state index in [4.69, 9.17) is 4.74 Å². The second-order valence-electron chi connectivity index (χ2n) is 4.26. The Morgan fingerprint density at radius 3 is 2.21 bits per heavy atom. The summed E-state index contributed by atoms with van der Waals surface area (Å²) in [5.41, 5.74) is 1.09. The van der Waals surface area contributed by atoms with Gasteiger partial charge in [-0.1, -0.05) is 48.5 Å². The lowest BCUT2D eigenvalue weighted by atomic mass is 10.1. The van der Waals surface area contributed by atoms with Crippen LogP contribution < -0.4 is 10.1 Å². The van der Waals surface area contributed by atoms with Crippen LogP contribution >= 0.6 is 0 Å². The lowest BCUT2D eigenvalue weighted by molar-refractivity contribution is 0.232. The number of para-hydroxylation sites is 1. The summed E-state index contributed by atoms with van der Waals surface area (Å²) in [6, 6.07) is 19.6. The van der Waals surface area contributed by atoms with Crippen LogP contribution in [0.4, 0.5) is 0 Å². The highest BCUT2D eigenvalue weighted by Crippen LogP contribution is 2.11. The predicted molar refractivity (Wildman–Crippen MR) is 76.2 cm³/mol. The molecule has 0 aliphatic rings. The molecule has 0 aliphatic carbocycles. The van der Waals surface area contributed by atoms with Gasteiger partial charge in [0, 0.05) is 6.54 Å². The van der Waals surface area contributed by atoms with Gasteiger partial charge in [0.25, 0.3) is 0 Å². The normalized spacial score (nSPS) is 12.1. The van der Waals surface area contributed by atoms with Crippen molar-refractivity contribution in [2.24, 2.45) is 0 Å². The molecule has 0 amide bonds. The minimum atomic E-state index is -0.0411. The van der Waals surface area contributed by atoms with Crippen molar-refractivity contribution in [2.75, 3.05) is 19.8 Å². The Morgan fingerprint density at radius 2 is 1.58 bits per heavy atom. The van der Waals surface area contributed by atoms with Crippen LogP contribution in [-0.2, 0) is 0 Å². The van der Waals surface area contributed by atoms with Crippen molar-refractivity contribution < 1.29 is 9.84 Å². The summed E-state index contributed by atoms with van der Waals surface area (Å²) in [4.78, 5) is 0. The highest BCUT2D eigenvalue weighted by molar-refractivity contribution is 5.21. The first kappa shape index (κ1) is 13.6. The van der Waals surface area contributed by atoms with Gasteiger partial charge in [0.1, 0.15) is 12.4 Å². The third kappa shape index (κ3) is 4.39. The number of ether oxygens (including phenoxy) is 1. The Kier molecular flexibility index (Phi) is 5.41. The van der Waals surface area contributed by atoms with E-state index >= 15 is 0 Å². The van der Waals surface area contributed by atoms with Crippen LogP contribution in [0.15, 0.2) is 60.7 Å². The fourth-order valence-electron chi connectivity index (χ4n) is 1.89. The van der Waals surface area contributed by atoms with Crippen LogP contribution in [-0.4, -0.2) is 24.9 Å². The smallest absolute Gasteiger partial charge is 0.119 e. The van der Waals surface area contributed by atoms with Gasteiger partial charge in [-0.05, 0) is 17.7 Å². The Hall–Kier alpha value is -1.84. The number of nitrogens with one attached hydrogen (secondary N) is 1. The van der Waals surface area contributed by atoms with Gasteiger partial charge in [0.2, 0.25) is 0 Å². The highest BCUT2D eigenvalue weighted by Gasteiger charge is 2.08. The number of aliphatic hydroxyl groups is 1. The quantitative estimate of drug-likeness (QED) is 0.748. The molecule has 3 nitrogen and oxygen atoms in total. The molecular formula is C16H19NO2. The number of hydrogen-bond acceptors (Lipinski definition) is 3. The van der Waals surface area contributed by atoms with E-state index in [0.29, 0.717) is 13.2 Å². The maximum atomic E-state index is 9.39. The third-order valence-corrected chi connectivity index (χ3v) is 2.89. The molecule has 2 N–H and O–H groups in total. The van der Waals surface area contributed by atoms with Crippen molar-refractivity contribution in [2.45, 2.75) is 6.04 Å². The zero-order chi connectivity index (χ0) is 13.3. The van der Waals surface area contributed by atoms with Gasteiger partial charge in [0.05, 0.1) is 12.6 Å². The van der Waals surface area contributed by atoms with Crippen LogP contribution in [0.5, 0.6) is 5.75 Å². The van der Waals surface area contributed by atoms with E-state index in [9.17, 15) is 5.11 Å². The Bertz CT molecular complexity index is 459. The zero-order valence-corrected chi connectivity index (χ0v) is 10.8. The summed E-state index contributed by atoms with van der Waals surface area (Å²) in [6.45, 7) is 1.34. The number of hydrogen-bond donors (Lipinski definition) is 2. The van der Waals surface area contributed by atoms with Crippen LogP contribution in [0.3, 0.4) is 0 Å². The molecule has 0 aromatic heterocycles. The standard InChI is InChI=1S/C16H19NO2/c18-13-16(14-7-3-1-4-8-14)17-11-12-19-15-9-5-2-6-10-15/h1-10,16-18H,11-13H2. The van der Waals surface area contributed by atoms with E-state index in [1.807, 2.05) is 60.7 Å². The van der Waals surface area contributed by atoms with Crippen LogP contribution in [0.1, 0.15) is 11.6 Å². The summed E-state index contributed by atoms with van der Waals surface area (Å²) in [5.74, 6) is 0.865. The molecule has 0 bridgehead atoms. The van der Waals surface area contributed by atoms with Crippen LogP contribution in [0.2, 0.25) is 0 Å². The van der Waals surface area contributed by atoms with Gasteiger partial charge < -0.3 is 15.2 Å². The van der Waals surface area contributed by atoms with Gasteiger partial charge >= 0.3 is 0 Å². The molecule has 0 heterocycles. The maximum Gasteiger partial charge on any atom is 0.119 e. The first-order valence-corrected chi connectivity index (χ1v) is 6.47. The van der Waals surface area contributed by atoms with Crippen molar-refractivity contribution in [1.29, 1.82) is 0 Å². The SMILES string of the molecule is OCC(NCCOc1ccccc1)c1ccccc1. The van der Waals surface area contributed by atoms with E-state index in [-0.39, 0.29) is 12.6 Å². The molecule has 0 aliphatic heterocycles. The van der Waals surface area contributed by atoms with Crippen molar-refractivity contribution in [1.82, 2.24) is 5.32 Å². The molecule has 1 atom stereocenters. The second kappa shape index (κ2) is 7.56. The van der Waals surface area contributed by atoms with E-state index in [1.165, 1.54) is 0 Å². The molecule has 19 heavy (non-hydrogen) atoms. The van der Waals surface area contributed by atoms with Crippen molar-refractivity contribution in [3.63, 3.8) is 0 Å². The molecule has 2 rings (SSSR count). The fourth-order valence-corrected chi connectivity index (χ4v) is 1.89. The number of aliphatic hydroxyl groups excluding tert-OH is 1. The van der Waals surface area contributed by atoms with Gasteiger partial charge in [0.15, 0.2) is 0 Å². The van der Waals surface area contributed by atoms with E-state index < -0.39 is 0 Å². The number of benzene rings is 2. The molecule has 1 unspecified atom stereocenters. The third-order valence-electron chi connectivity index (χ3n) is 2.89. The monoisotopic (exact) mass is 257 g/mol. The van der Waals surface area contributed by atoms with E-state index in [2.05, 4.69) is 5.32 Å². The molecule has 100 valence electrons. The molecular weight excluding hydrogens is 238 g/mol. The average molecular weight is 257 g/mol. The average Bonchev–Trinajstić information content (AvgIpc) is 2.49. The predicted octanol–water partition coefficient (Wildman–Crippen LogP) is 2.39. The van der Waals surface area contributed by atoms with Gasteiger partial charge in [-0.3, -0.25) is 0 Å². The first-order chi connectivity index (χ1) is 9.40. The van der Waals surface area contributed by atoms with E-state index in [0.717, 1.165) is 11.3 Å². The topological polar surface area (TPSA) is 41.5 Å². The van der Waals surface area contributed by atoms with Crippen molar-refractivity contribution in [3.8, 4) is 5.75 Å². The van der Waals surface area contributed by atoms with E-state index in [1.54, 1.807) is 0 Å². The minimum Gasteiger partial charge on any atom is -0.492 e. The minimum absolute atomic E-state index is 0.0411. The molecule has 0 radical (unpaired) electrons.